The Balaban J connectivity index is 2.02. The van der Waals surface area contributed by atoms with Crippen LogP contribution >= 0.6 is 50.2 Å². The van der Waals surface area contributed by atoms with E-state index in [0.29, 0.717) is 10.8 Å². The molecule has 94 valence electrons. The highest BCUT2D eigenvalue weighted by molar-refractivity contribution is 9.10. The number of aryl methyl sites for hydroxylation is 1. The van der Waals surface area contributed by atoms with Gasteiger partial charge in [0, 0.05) is 9.35 Å². The highest BCUT2D eigenvalue weighted by Crippen LogP contribution is 2.44. The topological polar surface area (TPSA) is 50.2 Å². The molecule has 2 aromatic heterocycles. The van der Waals surface area contributed by atoms with Gasteiger partial charge in [0.05, 0.1) is 10.6 Å². The second-order valence-electron chi connectivity index (χ2n) is 3.99. The normalized spacial score (nSPS) is 18.0. The fourth-order valence-corrected chi connectivity index (χ4v) is 4.91. The van der Waals surface area contributed by atoms with Gasteiger partial charge in [-0.25, -0.2) is 4.98 Å². The van der Waals surface area contributed by atoms with Gasteiger partial charge >= 0.3 is 5.97 Å². The lowest BCUT2D eigenvalue weighted by atomic mass is 10.1. The van der Waals surface area contributed by atoms with E-state index in [9.17, 15) is 4.79 Å². The van der Waals surface area contributed by atoms with Gasteiger partial charge in [-0.15, -0.1) is 22.7 Å². The van der Waals surface area contributed by atoms with Crippen molar-refractivity contribution < 1.29 is 9.90 Å². The predicted octanol–water partition coefficient (Wildman–Crippen LogP) is 4.40. The quantitative estimate of drug-likeness (QED) is 0.859. The van der Waals surface area contributed by atoms with Gasteiger partial charge in [0.2, 0.25) is 0 Å². The minimum atomic E-state index is -0.781. The lowest BCUT2D eigenvalue weighted by Crippen LogP contribution is -2.08. The van der Waals surface area contributed by atoms with Gasteiger partial charge in [0.1, 0.15) is 15.3 Å². The summed E-state index contributed by atoms with van der Waals surface area (Å²) < 4.78 is 1.55. The van der Waals surface area contributed by atoms with Crippen molar-refractivity contribution in [2.45, 2.75) is 18.8 Å². The fraction of sp³-hybridized carbons (Fsp3) is 0.273. The maximum Gasteiger partial charge on any atom is 0.312 e. The SMILES string of the molecule is O=C(O)C1CCc2sc(-c3cc(Br)c(Cl)s3)nc21. The summed E-state index contributed by atoms with van der Waals surface area (Å²) in [6, 6.07) is 1.93. The molecule has 2 heterocycles. The molecule has 1 atom stereocenters. The van der Waals surface area contributed by atoms with E-state index in [1.165, 1.54) is 11.3 Å². The third-order valence-electron chi connectivity index (χ3n) is 2.87. The van der Waals surface area contributed by atoms with Crippen molar-refractivity contribution >= 4 is 56.2 Å². The molecule has 0 saturated carbocycles. The molecule has 0 saturated heterocycles. The average molecular weight is 365 g/mol. The van der Waals surface area contributed by atoms with Crippen LogP contribution in [0.2, 0.25) is 4.34 Å². The first-order valence-electron chi connectivity index (χ1n) is 5.24. The average Bonchev–Trinajstić information content (AvgIpc) is 2.92. The van der Waals surface area contributed by atoms with E-state index in [1.807, 2.05) is 6.07 Å². The second kappa shape index (κ2) is 4.59. The van der Waals surface area contributed by atoms with E-state index in [0.717, 1.165) is 31.3 Å². The molecule has 0 spiro atoms. The Hall–Kier alpha value is -0.430. The molecule has 3 rings (SSSR count). The van der Waals surface area contributed by atoms with Crippen molar-refractivity contribution in [3.63, 3.8) is 0 Å². The standard InChI is InChI=1S/C11H7BrClNO2S2/c12-5-3-7(17-9(5)13)10-14-8-4(11(15)16)1-2-6(8)18-10/h3-4H,1-2H2,(H,15,16). The highest BCUT2D eigenvalue weighted by Gasteiger charge is 2.32. The van der Waals surface area contributed by atoms with E-state index in [2.05, 4.69) is 20.9 Å². The first kappa shape index (κ1) is 12.6. The van der Waals surface area contributed by atoms with Crippen molar-refractivity contribution in [2.75, 3.05) is 0 Å². The number of carboxylic acid groups (broad SMARTS) is 1. The van der Waals surface area contributed by atoms with Crippen molar-refractivity contribution in [1.29, 1.82) is 0 Å². The first-order valence-corrected chi connectivity index (χ1v) is 8.04. The van der Waals surface area contributed by atoms with Crippen LogP contribution in [0.4, 0.5) is 0 Å². The number of thiophene rings is 1. The number of thiazole rings is 1. The van der Waals surface area contributed by atoms with Crippen LogP contribution in [0.25, 0.3) is 9.88 Å². The summed E-state index contributed by atoms with van der Waals surface area (Å²) in [5, 5.41) is 9.99. The summed E-state index contributed by atoms with van der Waals surface area (Å²) in [5.74, 6) is -1.22. The molecule has 0 aliphatic heterocycles. The van der Waals surface area contributed by atoms with Crippen LogP contribution in [0.1, 0.15) is 22.9 Å². The van der Waals surface area contributed by atoms with Gasteiger partial charge in [-0.2, -0.15) is 0 Å². The Morgan fingerprint density at radius 2 is 2.33 bits per heavy atom. The van der Waals surface area contributed by atoms with Crippen LogP contribution in [-0.4, -0.2) is 16.1 Å². The van der Waals surface area contributed by atoms with Crippen LogP contribution in [0.5, 0.6) is 0 Å². The summed E-state index contributed by atoms with van der Waals surface area (Å²) in [7, 11) is 0. The number of hydrogen-bond acceptors (Lipinski definition) is 4. The molecule has 2 aromatic rings. The van der Waals surface area contributed by atoms with Crippen molar-refractivity contribution in [3.8, 4) is 9.88 Å². The zero-order valence-electron chi connectivity index (χ0n) is 8.94. The smallest absolute Gasteiger partial charge is 0.312 e. The van der Waals surface area contributed by atoms with Crippen LogP contribution in [0.15, 0.2) is 10.5 Å². The fourth-order valence-electron chi connectivity index (χ4n) is 2.02. The number of rotatable bonds is 2. The van der Waals surface area contributed by atoms with Gasteiger partial charge < -0.3 is 5.11 Å². The summed E-state index contributed by atoms with van der Waals surface area (Å²) in [4.78, 5) is 17.7. The lowest BCUT2D eigenvalue weighted by Gasteiger charge is -2.00. The minimum absolute atomic E-state index is 0.441. The van der Waals surface area contributed by atoms with Gasteiger partial charge in [0.15, 0.2) is 0 Å². The maximum absolute atomic E-state index is 11.1. The molecule has 3 nitrogen and oxygen atoms in total. The Labute approximate surface area is 125 Å². The predicted molar refractivity (Wildman–Crippen MR) is 76.8 cm³/mol. The summed E-state index contributed by atoms with van der Waals surface area (Å²) in [6.07, 6.45) is 1.48. The maximum atomic E-state index is 11.1. The number of aliphatic carboxylic acids is 1. The summed E-state index contributed by atoms with van der Waals surface area (Å²) >= 11 is 12.4. The number of nitrogens with zero attached hydrogens (tertiary/aromatic N) is 1. The molecule has 1 N–H and O–H groups in total. The molecule has 0 bridgehead atoms. The van der Waals surface area contributed by atoms with Crippen molar-refractivity contribution in [3.05, 3.63) is 25.4 Å². The summed E-state index contributed by atoms with van der Waals surface area (Å²) in [6.45, 7) is 0. The summed E-state index contributed by atoms with van der Waals surface area (Å²) in [5.41, 5.74) is 0.739. The first-order chi connectivity index (χ1) is 8.56. The third-order valence-corrected chi connectivity index (χ3v) is 6.65. The molecular weight excluding hydrogens is 358 g/mol. The molecule has 18 heavy (non-hydrogen) atoms. The zero-order valence-corrected chi connectivity index (χ0v) is 12.9. The Kier molecular flexibility index (Phi) is 3.21. The minimum Gasteiger partial charge on any atom is -0.481 e. The van der Waals surface area contributed by atoms with Gasteiger partial charge in [-0.05, 0) is 34.8 Å². The van der Waals surface area contributed by atoms with Crippen LogP contribution in [0.3, 0.4) is 0 Å². The Morgan fingerprint density at radius 3 is 2.94 bits per heavy atom. The van der Waals surface area contributed by atoms with Gasteiger partial charge in [-0.1, -0.05) is 11.6 Å². The lowest BCUT2D eigenvalue weighted by molar-refractivity contribution is -0.138. The molecule has 0 aromatic carbocycles. The number of halogens is 2. The Morgan fingerprint density at radius 1 is 1.56 bits per heavy atom. The number of aromatic nitrogens is 1. The van der Waals surface area contributed by atoms with E-state index in [4.69, 9.17) is 16.7 Å². The van der Waals surface area contributed by atoms with Gasteiger partial charge in [0.25, 0.3) is 0 Å². The molecule has 7 heteroatoms. The molecule has 1 aliphatic rings. The molecule has 0 radical (unpaired) electrons. The largest absolute Gasteiger partial charge is 0.481 e. The van der Waals surface area contributed by atoms with Crippen molar-refractivity contribution in [1.82, 2.24) is 4.98 Å². The third kappa shape index (κ3) is 2.01. The molecule has 1 unspecified atom stereocenters. The van der Waals surface area contributed by atoms with E-state index >= 15 is 0 Å². The number of fused-ring (bicyclic) bond motifs is 1. The van der Waals surface area contributed by atoms with Crippen LogP contribution in [-0.2, 0) is 11.2 Å². The van der Waals surface area contributed by atoms with Crippen LogP contribution < -0.4 is 0 Å². The second-order valence-corrected chi connectivity index (χ2v) is 7.58. The number of hydrogen-bond donors (Lipinski definition) is 1. The van der Waals surface area contributed by atoms with E-state index < -0.39 is 11.9 Å². The van der Waals surface area contributed by atoms with E-state index in [1.54, 1.807) is 11.3 Å². The molecular formula is C11H7BrClNO2S2. The zero-order chi connectivity index (χ0) is 12.9. The van der Waals surface area contributed by atoms with Crippen molar-refractivity contribution in [2.24, 2.45) is 0 Å². The Bertz CT molecular complexity index is 618. The van der Waals surface area contributed by atoms with E-state index in [-0.39, 0.29) is 0 Å². The molecule has 1 aliphatic carbocycles. The highest BCUT2D eigenvalue weighted by atomic mass is 79.9. The number of carboxylic acids is 1. The molecule has 0 fully saturated rings. The van der Waals surface area contributed by atoms with Gasteiger partial charge in [-0.3, -0.25) is 4.79 Å². The van der Waals surface area contributed by atoms with Crippen LogP contribution in [0, 0.1) is 0 Å². The molecule has 0 amide bonds. The monoisotopic (exact) mass is 363 g/mol. The number of carbonyl (C=O) groups is 1.